The Hall–Kier alpha value is -1.59. The van der Waals surface area contributed by atoms with Gasteiger partial charge in [0.2, 0.25) is 0 Å². The zero-order valence-electron chi connectivity index (χ0n) is 11.2. The van der Waals surface area contributed by atoms with Gasteiger partial charge in [-0.05, 0) is 24.5 Å². The minimum Gasteiger partial charge on any atom is -0.493 e. The van der Waals surface area contributed by atoms with Crippen molar-refractivity contribution in [2.24, 2.45) is 5.73 Å². The summed E-state index contributed by atoms with van der Waals surface area (Å²) < 4.78 is 5.66. The highest BCUT2D eigenvalue weighted by molar-refractivity contribution is 7.15. The summed E-state index contributed by atoms with van der Waals surface area (Å²) in [6.07, 6.45) is 3.61. The minimum atomic E-state index is -0.314. The molecule has 1 aromatic heterocycles. The first-order valence-electron chi connectivity index (χ1n) is 6.94. The molecule has 1 aliphatic carbocycles. The molecule has 0 saturated carbocycles. The Morgan fingerprint density at radius 2 is 2.20 bits per heavy atom. The maximum Gasteiger partial charge on any atom is 0.180 e. The van der Waals surface area contributed by atoms with E-state index in [9.17, 15) is 0 Å². The van der Waals surface area contributed by atoms with E-state index in [1.807, 2.05) is 12.1 Å². The van der Waals surface area contributed by atoms with E-state index in [2.05, 4.69) is 11.1 Å². The molecule has 2 heterocycles. The van der Waals surface area contributed by atoms with Crippen LogP contribution in [0.2, 0.25) is 0 Å². The van der Waals surface area contributed by atoms with Crippen LogP contribution in [0, 0.1) is 0 Å². The molecule has 1 aromatic carbocycles. The predicted molar refractivity (Wildman–Crippen MR) is 80.1 cm³/mol. The fraction of sp³-hybridized carbons (Fsp3) is 0.400. The molecule has 4 N–H and O–H groups in total. The van der Waals surface area contributed by atoms with Crippen molar-refractivity contribution in [2.45, 2.75) is 31.2 Å². The van der Waals surface area contributed by atoms with E-state index in [4.69, 9.17) is 16.2 Å². The lowest BCUT2D eigenvalue weighted by Crippen LogP contribution is -2.42. The topological polar surface area (TPSA) is 74.2 Å². The van der Waals surface area contributed by atoms with Gasteiger partial charge < -0.3 is 16.2 Å². The van der Waals surface area contributed by atoms with Crippen LogP contribution in [0.4, 0.5) is 5.13 Å². The Kier molecular flexibility index (Phi) is 2.56. The van der Waals surface area contributed by atoms with Crippen LogP contribution in [0.5, 0.6) is 5.75 Å². The van der Waals surface area contributed by atoms with Crippen molar-refractivity contribution in [3.8, 4) is 5.75 Å². The zero-order chi connectivity index (χ0) is 13.7. The summed E-state index contributed by atoms with van der Waals surface area (Å²) in [7, 11) is 0. The fourth-order valence-electron chi connectivity index (χ4n) is 3.37. The molecule has 0 bridgehead atoms. The number of hydrogen-bond donors (Lipinski definition) is 2. The fourth-order valence-corrected chi connectivity index (χ4v) is 4.37. The van der Waals surface area contributed by atoms with Crippen molar-refractivity contribution in [3.05, 3.63) is 39.9 Å². The molecule has 0 spiro atoms. The first-order chi connectivity index (χ1) is 9.66. The number of fused-ring (bicyclic) bond motifs is 2. The summed E-state index contributed by atoms with van der Waals surface area (Å²) in [6.45, 7) is 0.765. The molecule has 5 heteroatoms. The molecular weight excluding hydrogens is 270 g/mol. The molecule has 0 saturated heterocycles. The first-order valence-corrected chi connectivity index (χ1v) is 7.75. The molecule has 0 amide bonds. The highest BCUT2D eigenvalue weighted by atomic mass is 32.1. The van der Waals surface area contributed by atoms with Crippen LogP contribution >= 0.6 is 11.3 Å². The number of anilines is 1. The maximum atomic E-state index is 6.76. The van der Waals surface area contributed by atoms with E-state index in [-0.39, 0.29) is 5.54 Å². The van der Waals surface area contributed by atoms with Crippen molar-refractivity contribution in [1.29, 1.82) is 0 Å². The van der Waals surface area contributed by atoms with E-state index in [1.165, 1.54) is 16.0 Å². The second-order valence-corrected chi connectivity index (χ2v) is 6.75. The monoisotopic (exact) mass is 287 g/mol. The van der Waals surface area contributed by atoms with Crippen LogP contribution in [0.25, 0.3) is 0 Å². The number of nitrogens with zero attached hydrogens (tertiary/aromatic N) is 1. The van der Waals surface area contributed by atoms with Gasteiger partial charge in [0.1, 0.15) is 5.75 Å². The summed E-state index contributed by atoms with van der Waals surface area (Å²) >= 11 is 1.58. The summed E-state index contributed by atoms with van der Waals surface area (Å²) in [5.74, 6) is 1.00. The maximum absolute atomic E-state index is 6.76. The summed E-state index contributed by atoms with van der Waals surface area (Å²) in [5.41, 5.74) is 15.9. The van der Waals surface area contributed by atoms with Crippen LogP contribution in [0.15, 0.2) is 18.2 Å². The number of aryl methyl sites for hydroxylation is 1. The van der Waals surface area contributed by atoms with Gasteiger partial charge in [0.15, 0.2) is 5.13 Å². The number of nitrogen functional groups attached to an aromatic ring is 1. The molecule has 1 atom stereocenters. The second kappa shape index (κ2) is 4.20. The molecule has 0 fully saturated rings. The molecule has 1 aliphatic heterocycles. The quantitative estimate of drug-likeness (QED) is 0.841. The van der Waals surface area contributed by atoms with E-state index in [0.717, 1.165) is 43.7 Å². The molecule has 2 aromatic rings. The van der Waals surface area contributed by atoms with Gasteiger partial charge in [-0.1, -0.05) is 12.1 Å². The molecule has 20 heavy (non-hydrogen) atoms. The minimum absolute atomic E-state index is 0.314. The van der Waals surface area contributed by atoms with Crippen LogP contribution in [0.1, 0.15) is 28.1 Å². The Bertz CT molecular complexity index is 682. The predicted octanol–water partition coefficient (Wildman–Crippen LogP) is 2.00. The Balaban J connectivity index is 1.77. The van der Waals surface area contributed by atoms with Crippen molar-refractivity contribution in [2.75, 3.05) is 12.3 Å². The van der Waals surface area contributed by atoms with Gasteiger partial charge in [0.05, 0.1) is 12.3 Å². The number of benzene rings is 1. The average molecular weight is 287 g/mol. The Labute approximate surface area is 121 Å². The van der Waals surface area contributed by atoms with Gasteiger partial charge in [-0.15, -0.1) is 11.3 Å². The highest BCUT2D eigenvalue weighted by Crippen LogP contribution is 2.41. The molecule has 104 valence electrons. The molecule has 4 rings (SSSR count). The van der Waals surface area contributed by atoms with E-state index in [1.54, 1.807) is 11.3 Å². The smallest absolute Gasteiger partial charge is 0.180 e. The molecular formula is C15H17N3OS. The zero-order valence-corrected chi connectivity index (χ0v) is 12.0. The summed E-state index contributed by atoms with van der Waals surface area (Å²) in [5, 5.41) is 0.654. The number of thiazole rings is 1. The number of hydrogen-bond acceptors (Lipinski definition) is 5. The van der Waals surface area contributed by atoms with Gasteiger partial charge in [-0.3, -0.25) is 0 Å². The van der Waals surface area contributed by atoms with Crippen LogP contribution in [0.3, 0.4) is 0 Å². The number of aromatic nitrogens is 1. The number of ether oxygens (including phenoxy) is 1. The van der Waals surface area contributed by atoms with E-state index < -0.39 is 0 Å². The van der Waals surface area contributed by atoms with Crippen molar-refractivity contribution in [1.82, 2.24) is 4.98 Å². The summed E-state index contributed by atoms with van der Waals surface area (Å²) in [4.78, 5) is 5.64. The van der Waals surface area contributed by atoms with Gasteiger partial charge in [0, 0.05) is 28.8 Å². The highest BCUT2D eigenvalue weighted by Gasteiger charge is 2.37. The van der Waals surface area contributed by atoms with Gasteiger partial charge in [-0.2, -0.15) is 0 Å². The molecule has 1 unspecified atom stereocenters. The lowest BCUT2D eigenvalue weighted by atomic mass is 9.76. The third-order valence-corrected chi connectivity index (χ3v) is 5.28. The van der Waals surface area contributed by atoms with E-state index in [0.29, 0.717) is 5.13 Å². The Morgan fingerprint density at radius 1 is 1.30 bits per heavy atom. The normalized spacial score (nSPS) is 24.1. The number of nitrogens with two attached hydrogens (primary N) is 2. The molecule has 4 nitrogen and oxygen atoms in total. The molecule has 2 aliphatic rings. The summed E-state index contributed by atoms with van der Waals surface area (Å²) in [6, 6.07) is 6.24. The lowest BCUT2D eigenvalue weighted by molar-refractivity contribution is 0.356. The largest absolute Gasteiger partial charge is 0.493 e. The van der Waals surface area contributed by atoms with Crippen molar-refractivity contribution in [3.63, 3.8) is 0 Å². The third kappa shape index (κ3) is 1.73. The third-order valence-electron chi connectivity index (χ3n) is 4.36. The number of rotatable bonds is 1. The van der Waals surface area contributed by atoms with E-state index >= 15 is 0 Å². The van der Waals surface area contributed by atoms with Gasteiger partial charge in [-0.25, -0.2) is 4.98 Å². The van der Waals surface area contributed by atoms with Crippen LogP contribution < -0.4 is 16.2 Å². The molecule has 0 radical (unpaired) electrons. The van der Waals surface area contributed by atoms with Crippen LogP contribution in [-0.2, 0) is 24.8 Å². The Morgan fingerprint density at radius 3 is 3.10 bits per heavy atom. The van der Waals surface area contributed by atoms with Crippen molar-refractivity contribution < 1.29 is 4.74 Å². The standard InChI is InChI=1S/C15H17N3OS/c16-14-18-11-4-6-15(17,8-13(11)20-14)10-2-1-3-12-9(10)5-7-19-12/h1-3H,4-8,17H2,(H2,16,18). The van der Waals surface area contributed by atoms with Crippen LogP contribution in [-0.4, -0.2) is 11.6 Å². The second-order valence-electron chi connectivity index (χ2n) is 5.64. The SMILES string of the molecule is Nc1nc2c(s1)CC(N)(c1cccc3c1CCO3)CC2. The van der Waals surface area contributed by atoms with Crippen molar-refractivity contribution >= 4 is 16.5 Å². The first kappa shape index (κ1) is 12.2. The van der Waals surface area contributed by atoms with Gasteiger partial charge in [0.25, 0.3) is 0 Å². The average Bonchev–Trinajstić information content (AvgIpc) is 3.02. The van der Waals surface area contributed by atoms with Gasteiger partial charge >= 0.3 is 0 Å². The lowest BCUT2D eigenvalue weighted by Gasteiger charge is -2.34.